The second-order valence-corrected chi connectivity index (χ2v) is 6.22. The van der Waals surface area contributed by atoms with Gasteiger partial charge in [-0.3, -0.25) is 0 Å². The molecule has 0 atom stereocenters. The van der Waals surface area contributed by atoms with Crippen molar-refractivity contribution in [2.75, 3.05) is 24.3 Å². The van der Waals surface area contributed by atoms with Gasteiger partial charge in [0.05, 0.1) is 11.9 Å². The molecule has 1 aliphatic carbocycles. The molecule has 1 heterocycles. The van der Waals surface area contributed by atoms with Crippen molar-refractivity contribution in [3.8, 4) is 0 Å². The van der Waals surface area contributed by atoms with Crippen molar-refractivity contribution in [2.24, 2.45) is 0 Å². The van der Waals surface area contributed by atoms with Gasteiger partial charge in [0.15, 0.2) is 0 Å². The van der Waals surface area contributed by atoms with Gasteiger partial charge in [0.25, 0.3) is 0 Å². The molecular formula is C18H23N3. The first-order valence-corrected chi connectivity index (χ1v) is 7.58. The van der Waals surface area contributed by atoms with Crippen LogP contribution < -0.4 is 10.2 Å². The van der Waals surface area contributed by atoms with Crippen LogP contribution in [0.25, 0.3) is 0 Å². The third kappa shape index (κ3) is 3.18. The van der Waals surface area contributed by atoms with E-state index in [2.05, 4.69) is 53.6 Å². The zero-order chi connectivity index (χ0) is 14.8. The number of nitrogens with one attached hydrogen (secondary N) is 1. The molecule has 1 aromatic heterocycles. The Labute approximate surface area is 127 Å². The highest BCUT2D eigenvalue weighted by atomic mass is 15.1. The number of benzene rings is 1. The molecule has 0 spiro atoms. The number of hydrogen-bond donors (Lipinski definition) is 1. The Hall–Kier alpha value is -2.03. The molecule has 0 radical (unpaired) electrons. The van der Waals surface area contributed by atoms with Crippen molar-refractivity contribution in [3.05, 3.63) is 53.7 Å². The second kappa shape index (κ2) is 5.76. The molecule has 1 fully saturated rings. The highest BCUT2D eigenvalue weighted by molar-refractivity contribution is 5.49. The number of aromatic nitrogens is 1. The van der Waals surface area contributed by atoms with Gasteiger partial charge >= 0.3 is 0 Å². The summed E-state index contributed by atoms with van der Waals surface area (Å²) in [6.45, 7) is 2.14. The van der Waals surface area contributed by atoms with E-state index in [0.29, 0.717) is 12.0 Å². The van der Waals surface area contributed by atoms with Gasteiger partial charge < -0.3 is 10.2 Å². The number of aryl methyl sites for hydroxylation is 1. The van der Waals surface area contributed by atoms with Crippen molar-refractivity contribution >= 4 is 11.5 Å². The molecule has 1 aliphatic rings. The monoisotopic (exact) mass is 281 g/mol. The summed E-state index contributed by atoms with van der Waals surface area (Å²) < 4.78 is 0. The molecule has 1 N–H and O–H groups in total. The van der Waals surface area contributed by atoms with E-state index in [1.165, 1.54) is 24.0 Å². The smallest absolute Gasteiger partial charge is 0.128 e. The molecule has 3 rings (SSSR count). The third-order valence-corrected chi connectivity index (χ3v) is 4.26. The van der Waals surface area contributed by atoms with E-state index in [1.807, 2.05) is 25.2 Å². The van der Waals surface area contributed by atoms with E-state index in [9.17, 15) is 0 Å². The Morgan fingerprint density at radius 3 is 2.33 bits per heavy atom. The average molecular weight is 281 g/mol. The van der Waals surface area contributed by atoms with E-state index >= 15 is 0 Å². The first-order valence-electron chi connectivity index (χ1n) is 7.58. The van der Waals surface area contributed by atoms with Crippen LogP contribution in [0.15, 0.2) is 42.6 Å². The zero-order valence-corrected chi connectivity index (χ0v) is 13.0. The minimum atomic E-state index is 0.573. The number of nitrogens with zero attached hydrogens (tertiary/aromatic N) is 2. The van der Waals surface area contributed by atoms with Crippen molar-refractivity contribution in [1.29, 1.82) is 0 Å². The number of anilines is 2. The van der Waals surface area contributed by atoms with E-state index in [0.717, 1.165) is 11.5 Å². The van der Waals surface area contributed by atoms with Gasteiger partial charge in [-0.2, -0.15) is 0 Å². The minimum Gasteiger partial charge on any atom is -0.381 e. The Bertz CT molecular complexity index is 581. The van der Waals surface area contributed by atoms with E-state index in [1.54, 1.807) is 0 Å². The molecule has 0 aliphatic heterocycles. The summed E-state index contributed by atoms with van der Waals surface area (Å²) in [5, 5.41) is 3.57. The zero-order valence-electron chi connectivity index (χ0n) is 13.0. The Balaban J connectivity index is 1.53. The van der Waals surface area contributed by atoms with Crippen LogP contribution >= 0.6 is 0 Å². The summed E-state index contributed by atoms with van der Waals surface area (Å²) in [5.74, 6) is 1.70. The van der Waals surface area contributed by atoms with E-state index in [-0.39, 0.29) is 0 Å². The van der Waals surface area contributed by atoms with E-state index < -0.39 is 0 Å². The Kier molecular flexibility index (Phi) is 3.82. The van der Waals surface area contributed by atoms with Gasteiger partial charge in [0, 0.05) is 20.1 Å². The van der Waals surface area contributed by atoms with Crippen LogP contribution in [0.4, 0.5) is 11.5 Å². The fourth-order valence-corrected chi connectivity index (χ4v) is 2.82. The summed E-state index contributed by atoms with van der Waals surface area (Å²) in [4.78, 5) is 6.45. The number of pyridine rings is 1. The highest BCUT2D eigenvalue weighted by Crippen LogP contribution is 2.38. The van der Waals surface area contributed by atoms with Gasteiger partial charge in [-0.25, -0.2) is 4.98 Å². The lowest BCUT2D eigenvalue weighted by Crippen LogP contribution is -2.34. The predicted octanol–water partition coefficient (Wildman–Crippen LogP) is 3.81. The van der Waals surface area contributed by atoms with Crippen LogP contribution in [0.1, 0.15) is 29.9 Å². The van der Waals surface area contributed by atoms with E-state index in [4.69, 9.17) is 0 Å². The number of hydrogen-bond acceptors (Lipinski definition) is 3. The Morgan fingerprint density at radius 1 is 1.05 bits per heavy atom. The summed E-state index contributed by atoms with van der Waals surface area (Å²) in [6.07, 6.45) is 4.34. The van der Waals surface area contributed by atoms with Crippen molar-refractivity contribution in [1.82, 2.24) is 4.98 Å². The van der Waals surface area contributed by atoms with Gasteiger partial charge in [0.2, 0.25) is 0 Å². The molecule has 2 aromatic rings. The van der Waals surface area contributed by atoms with Crippen molar-refractivity contribution in [3.63, 3.8) is 0 Å². The standard InChI is InChI=1S/C18H23N3/c1-13-4-6-14(7-5-13)15-10-17(11-15)20-16-8-9-18(19-12-16)21(2)3/h4-9,12,15,17,20H,10-11H2,1-3H3. The lowest BCUT2D eigenvalue weighted by atomic mass is 9.75. The largest absolute Gasteiger partial charge is 0.381 e. The molecule has 0 saturated heterocycles. The quantitative estimate of drug-likeness (QED) is 0.923. The molecule has 1 aromatic carbocycles. The first-order chi connectivity index (χ1) is 10.1. The fourth-order valence-electron chi connectivity index (χ4n) is 2.82. The molecule has 110 valence electrons. The minimum absolute atomic E-state index is 0.573. The Morgan fingerprint density at radius 2 is 1.76 bits per heavy atom. The summed E-state index contributed by atoms with van der Waals surface area (Å²) in [7, 11) is 4.01. The average Bonchev–Trinajstić information content (AvgIpc) is 2.44. The van der Waals surface area contributed by atoms with Crippen LogP contribution in [0.5, 0.6) is 0 Å². The van der Waals surface area contributed by atoms with Gasteiger partial charge in [-0.15, -0.1) is 0 Å². The molecule has 0 unspecified atom stereocenters. The molecule has 3 nitrogen and oxygen atoms in total. The van der Waals surface area contributed by atoms with Crippen LogP contribution in [0, 0.1) is 6.92 Å². The summed E-state index contributed by atoms with van der Waals surface area (Å²) >= 11 is 0. The van der Waals surface area contributed by atoms with Gasteiger partial charge in [-0.1, -0.05) is 29.8 Å². The summed E-state index contributed by atoms with van der Waals surface area (Å²) in [6, 6.07) is 13.7. The van der Waals surface area contributed by atoms with Crippen LogP contribution in [0.2, 0.25) is 0 Å². The second-order valence-electron chi connectivity index (χ2n) is 6.22. The molecular weight excluding hydrogens is 258 g/mol. The third-order valence-electron chi connectivity index (χ3n) is 4.26. The highest BCUT2D eigenvalue weighted by Gasteiger charge is 2.30. The lowest BCUT2D eigenvalue weighted by molar-refractivity contribution is 0.374. The summed E-state index contributed by atoms with van der Waals surface area (Å²) in [5.41, 5.74) is 3.92. The molecule has 21 heavy (non-hydrogen) atoms. The molecule has 1 saturated carbocycles. The van der Waals surface area contributed by atoms with Crippen LogP contribution in [-0.4, -0.2) is 25.1 Å². The normalized spacial score (nSPS) is 20.7. The lowest BCUT2D eigenvalue weighted by Gasteiger charge is -2.37. The van der Waals surface area contributed by atoms with Crippen molar-refractivity contribution in [2.45, 2.75) is 31.7 Å². The maximum Gasteiger partial charge on any atom is 0.128 e. The molecule has 0 bridgehead atoms. The maximum atomic E-state index is 4.44. The van der Waals surface area contributed by atoms with Crippen LogP contribution in [0.3, 0.4) is 0 Å². The SMILES string of the molecule is Cc1ccc(C2CC(Nc3ccc(N(C)C)nc3)C2)cc1. The van der Waals surface area contributed by atoms with Gasteiger partial charge in [-0.05, 0) is 43.4 Å². The van der Waals surface area contributed by atoms with Gasteiger partial charge in [0.1, 0.15) is 5.82 Å². The fraction of sp³-hybridized carbons (Fsp3) is 0.389. The first kappa shape index (κ1) is 13.9. The van der Waals surface area contributed by atoms with Crippen molar-refractivity contribution < 1.29 is 0 Å². The predicted molar refractivity (Wildman–Crippen MR) is 89.1 cm³/mol. The topological polar surface area (TPSA) is 28.2 Å². The number of rotatable bonds is 4. The maximum absolute atomic E-state index is 4.44. The molecule has 0 amide bonds. The van der Waals surface area contributed by atoms with Crippen LogP contribution in [-0.2, 0) is 0 Å². The molecule has 3 heteroatoms.